The number of nitrogens with zero attached hydrogens (tertiary/aromatic N) is 4. The van der Waals surface area contributed by atoms with E-state index in [2.05, 4.69) is 30.5 Å². The van der Waals surface area contributed by atoms with Crippen LogP contribution in [0.15, 0.2) is 29.8 Å². The molecule has 1 aliphatic rings. The lowest BCUT2D eigenvalue weighted by Crippen LogP contribution is -2.29. The van der Waals surface area contributed by atoms with Crippen LogP contribution in [0.1, 0.15) is 29.0 Å². The molecule has 1 fully saturated rings. The lowest BCUT2D eigenvalue weighted by molar-refractivity contribution is 0.0955. The highest BCUT2D eigenvalue weighted by atomic mass is 32.1. The van der Waals surface area contributed by atoms with E-state index < -0.39 is 0 Å². The molecule has 1 amide bonds. The van der Waals surface area contributed by atoms with Gasteiger partial charge in [0.1, 0.15) is 17.5 Å². The predicted octanol–water partition coefficient (Wildman–Crippen LogP) is 2.84. The van der Waals surface area contributed by atoms with Crippen molar-refractivity contribution in [1.82, 2.24) is 20.3 Å². The van der Waals surface area contributed by atoms with Crippen molar-refractivity contribution in [2.75, 3.05) is 36.4 Å². The summed E-state index contributed by atoms with van der Waals surface area (Å²) in [5.74, 6) is 2.45. The molecule has 3 heterocycles. The number of benzene rings is 1. The van der Waals surface area contributed by atoms with Crippen LogP contribution in [-0.4, -0.2) is 47.0 Å². The fraction of sp³-hybridized carbons (Fsp3) is 0.368. The molecule has 3 aromatic rings. The molecule has 27 heavy (non-hydrogen) atoms. The molecule has 0 radical (unpaired) electrons. The van der Waals surface area contributed by atoms with Gasteiger partial charge in [0.25, 0.3) is 5.91 Å². The summed E-state index contributed by atoms with van der Waals surface area (Å²) in [5, 5.41) is 6.22. The summed E-state index contributed by atoms with van der Waals surface area (Å²) in [6, 6.07) is 7.55. The van der Waals surface area contributed by atoms with Crippen molar-refractivity contribution in [2.24, 2.45) is 0 Å². The number of carbonyl (C=O) groups is 1. The highest BCUT2D eigenvalue weighted by Gasteiger charge is 2.15. The highest BCUT2D eigenvalue weighted by Crippen LogP contribution is 2.21. The van der Waals surface area contributed by atoms with Gasteiger partial charge in [-0.3, -0.25) is 4.79 Å². The number of thiazole rings is 1. The number of aromatic nitrogens is 3. The van der Waals surface area contributed by atoms with Crippen LogP contribution in [-0.2, 0) is 0 Å². The summed E-state index contributed by atoms with van der Waals surface area (Å²) >= 11 is 1.54. The molecule has 0 atom stereocenters. The molecule has 2 N–H and O–H groups in total. The minimum atomic E-state index is -0.0799. The molecule has 1 aromatic carbocycles. The van der Waals surface area contributed by atoms with E-state index in [0.717, 1.165) is 40.8 Å². The van der Waals surface area contributed by atoms with Gasteiger partial charge in [0, 0.05) is 37.8 Å². The zero-order valence-corrected chi connectivity index (χ0v) is 16.1. The number of carbonyl (C=O) groups excluding carboxylic acids is 1. The molecule has 2 aromatic heterocycles. The van der Waals surface area contributed by atoms with Crippen LogP contribution in [0, 0.1) is 6.92 Å². The average molecular weight is 382 g/mol. The Balaban J connectivity index is 1.31. The molecule has 8 heteroatoms. The Hall–Kier alpha value is -2.74. The zero-order chi connectivity index (χ0) is 18.6. The van der Waals surface area contributed by atoms with Gasteiger partial charge in [0.05, 0.1) is 15.7 Å². The molecular weight excluding hydrogens is 360 g/mol. The van der Waals surface area contributed by atoms with Crippen molar-refractivity contribution in [1.29, 1.82) is 0 Å². The van der Waals surface area contributed by atoms with Crippen LogP contribution in [0.2, 0.25) is 0 Å². The first-order chi connectivity index (χ1) is 13.2. The number of amides is 1. The van der Waals surface area contributed by atoms with Gasteiger partial charge in [0.15, 0.2) is 0 Å². The summed E-state index contributed by atoms with van der Waals surface area (Å²) in [6.07, 6.45) is 2.43. The third-order valence-corrected chi connectivity index (χ3v) is 5.36. The van der Waals surface area contributed by atoms with Gasteiger partial charge in [-0.1, -0.05) is 0 Å². The van der Waals surface area contributed by atoms with Gasteiger partial charge < -0.3 is 15.5 Å². The molecule has 0 bridgehead atoms. The van der Waals surface area contributed by atoms with Crippen LogP contribution in [0.25, 0.3) is 10.2 Å². The quantitative estimate of drug-likeness (QED) is 0.638. The Labute approximate surface area is 161 Å². The van der Waals surface area contributed by atoms with Crippen LogP contribution in [0.5, 0.6) is 0 Å². The molecule has 7 nitrogen and oxygen atoms in total. The van der Waals surface area contributed by atoms with E-state index in [1.54, 1.807) is 11.6 Å². The summed E-state index contributed by atoms with van der Waals surface area (Å²) in [6.45, 7) is 5.13. The van der Waals surface area contributed by atoms with E-state index in [9.17, 15) is 4.79 Å². The van der Waals surface area contributed by atoms with Gasteiger partial charge in [-0.05, 0) is 38.0 Å². The first kappa shape index (κ1) is 17.7. The minimum Gasteiger partial charge on any atom is -0.368 e. The monoisotopic (exact) mass is 382 g/mol. The molecule has 1 saturated heterocycles. The highest BCUT2D eigenvalue weighted by molar-refractivity contribution is 7.16. The van der Waals surface area contributed by atoms with Crippen LogP contribution >= 0.6 is 11.3 Å². The van der Waals surface area contributed by atoms with Gasteiger partial charge in [0.2, 0.25) is 0 Å². The molecule has 0 saturated carbocycles. The topological polar surface area (TPSA) is 83.0 Å². The molecule has 0 unspecified atom stereocenters. The fourth-order valence-electron chi connectivity index (χ4n) is 3.22. The second kappa shape index (κ2) is 7.87. The first-order valence-corrected chi connectivity index (χ1v) is 10.0. The number of rotatable bonds is 6. The van der Waals surface area contributed by atoms with Crippen molar-refractivity contribution in [2.45, 2.75) is 19.8 Å². The summed E-state index contributed by atoms with van der Waals surface area (Å²) in [7, 11) is 0. The number of anilines is 2. The Morgan fingerprint density at radius 1 is 1.19 bits per heavy atom. The van der Waals surface area contributed by atoms with Gasteiger partial charge in [-0.2, -0.15) is 0 Å². The largest absolute Gasteiger partial charge is 0.368 e. The maximum atomic E-state index is 12.3. The molecule has 0 spiro atoms. The Morgan fingerprint density at radius 3 is 2.89 bits per heavy atom. The maximum Gasteiger partial charge on any atom is 0.251 e. The van der Waals surface area contributed by atoms with Gasteiger partial charge in [-0.25, -0.2) is 15.0 Å². The average Bonchev–Trinajstić information content (AvgIpc) is 3.35. The standard InChI is InChI=1S/C19H22N6OS/c1-13-23-17(11-18(24-13)25-8-2-3-9-25)20-6-7-21-19(26)14-4-5-15-16(10-14)27-12-22-15/h4-5,10-12H,2-3,6-9H2,1H3,(H,21,26)(H,20,23,24). The van der Waals surface area contributed by atoms with Gasteiger partial charge >= 0.3 is 0 Å². The Kier molecular flexibility index (Phi) is 5.15. The minimum absolute atomic E-state index is 0.0799. The number of hydrogen-bond acceptors (Lipinski definition) is 7. The smallest absolute Gasteiger partial charge is 0.251 e. The first-order valence-electron chi connectivity index (χ1n) is 9.15. The van der Waals surface area contributed by atoms with Gasteiger partial charge in [-0.15, -0.1) is 11.3 Å². The second-order valence-corrected chi connectivity index (χ2v) is 7.46. The predicted molar refractivity (Wildman–Crippen MR) is 109 cm³/mol. The van der Waals surface area contributed by atoms with E-state index in [1.807, 2.05) is 25.1 Å². The van der Waals surface area contributed by atoms with E-state index in [1.165, 1.54) is 24.2 Å². The van der Waals surface area contributed by atoms with Crippen LogP contribution in [0.3, 0.4) is 0 Å². The number of nitrogens with one attached hydrogen (secondary N) is 2. The number of hydrogen-bond donors (Lipinski definition) is 2. The van der Waals surface area contributed by atoms with E-state index in [0.29, 0.717) is 18.7 Å². The Morgan fingerprint density at radius 2 is 2.04 bits per heavy atom. The number of fused-ring (bicyclic) bond motifs is 1. The second-order valence-electron chi connectivity index (χ2n) is 6.57. The molecule has 4 rings (SSSR count). The summed E-state index contributed by atoms with van der Waals surface area (Å²) < 4.78 is 1.02. The fourth-order valence-corrected chi connectivity index (χ4v) is 3.93. The molecule has 1 aliphatic heterocycles. The van der Waals surface area contributed by atoms with E-state index >= 15 is 0 Å². The van der Waals surface area contributed by atoms with Crippen molar-refractivity contribution < 1.29 is 4.79 Å². The lowest BCUT2D eigenvalue weighted by Gasteiger charge is -2.17. The molecular formula is C19H22N6OS. The lowest BCUT2D eigenvalue weighted by atomic mass is 10.2. The SMILES string of the molecule is Cc1nc(NCCNC(=O)c2ccc3ncsc3c2)cc(N2CCCC2)n1. The van der Waals surface area contributed by atoms with Crippen LogP contribution in [0.4, 0.5) is 11.6 Å². The maximum absolute atomic E-state index is 12.3. The molecule has 140 valence electrons. The van der Waals surface area contributed by atoms with Crippen LogP contribution < -0.4 is 15.5 Å². The summed E-state index contributed by atoms with van der Waals surface area (Å²) in [4.78, 5) is 27.8. The third-order valence-electron chi connectivity index (χ3n) is 4.56. The van der Waals surface area contributed by atoms with E-state index in [-0.39, 0.29) is 5.91 Å². The number of aryl methyl sites for hydroxylation is 1. The van der Waals surface area contributed by atoms with Crippen molar-refractivity contribution in [3.8, 4) is 0 Å². The summed E-state index contributed by atoms with van der Waals surface area (Å²) in [5.41, 5.74) is 3.36. The van der Waals surface area contributed by atoms with Crippen molar-refractivity contribution in [3.63, 3.8) is 0 Å². The van der Waals surface area contributed by atoms with Crippen molar-refractivity contribution >= 4 is 39.1 Å². The zero-order valence-electron chi connectivity index (χ0n) is 15.2. The third kappa shape index (κ3) is 4.16. The molecule has 0 aliphatic carbocycles. The normalized spacial score (nSPS) is 13.9. The van der Waals surface area contributed by atoms with E-state index in [4.69, 9.17) is 0 Å². The van der Waals surface area contributed by atoms with Crippen molar-refractivity contribution in [3.05, 3.63) is 41.2 Å². The Bertz CT molecular complexity index is 950.